The van der Waals surface area contributed by atoms with Crippen molar-refractivity contribution in [3.63, 3.8) is 0 Å². The van der Waals surface area contributed by atoms with E-state index in [2.05, 4.69) is 67.2 Å². The van der Waals surface area contributed by atoms with Gasteiger partial charge in [0, 0.05) is 42.5 Å². The summed E-state index contributed by atoms with van der Waals surface area (Å²) >= 11 is 0. The third-order valence-corrected chi connectivity index (χ3v) is 4.70. The molecule has 0 amide bonds. The summed E-state index contributed by atoms with van der Waals surface area (Å²) in [4.78, 5) is 6.01. The molecule has 0 bridgehead atoms. The van der Waals surface area contributed by atoms with Gasteiger partial charge >= 0.3 is 0 Å². The summed E-state index contributed by atoms with van der Waals surface area (Å²) in [5.41, 5.74) is 5.80. The summed E-state index contributed by atoms with van der Waals surface area (Å²) in [7, 11) is 0. The number of piperidine rings is 1. The van der Waals surface area contributed by atoms with Crippen LogP contribution in [0.2, 0.25) is 0 Å². The second-order valence-electron chi connectivity index (χ2n) is 6.85. The van der Waals surface area contributed by atoms with Crippen molar-refractivity contribution in [3.8, 4) is 0 Å². The monoisotopic (exact) mass is 282 g/mol. The fraction of sp³-hybridized carbons (Fsp3) is 0.474. The van der Waals surface area contributed by atoms with Crippen molar-refractivity contribution in [3.05, 3.63) is 46.8 Å². The van der Waals surface area contributed by atoms with Crippen molar-refractivity contribution >= 4 is 12.2 Å². The van der Waals surface area contributed by atoms with Gasteiger partial charge in [-0.1, -0.05) is 43.7 Å². The topological polar surface area (TPSA) is 19.0 Å². The van der Waals surface area contributed by atoms with E-state index < -0.39 is 0 Å². The first-order valence-corrected chi connectivity index (χ1v) is 8.02. The molecule has 2 heterocycles. The molecule has 0 aromatic carbocycles. The maximum Gasteiger partial charge on any atom is 0.0454 e. The quantitative estimate of drug-likeness (QED) is 0.784. The Kier molecular flexibility index (Phi) is 3.90. The minimum absolute atomic E-state index is 0.142. The van der Waals surface area contributed by atoms with E-state index in [1.165, 1.54) is 42.8 Å². The average Bonchev–Trinajstić information content (AvgIpc) is 2.78. The van der Waals surface area contributed by atoms with Crippen molar-refractivity contribution in [2.75, 3.05) is 13.1 Å². The lowest BCUT2D eigenvalue weighted by Crippen LogP contribution is -2.30. The van der Waals surface area contributed by atoms with E-state index in [0.717, 1.165) is 6.54 Å². The molecule has 1 aromatic heterocycles. The molecule has 1 aliphatic carbocycles. The second kappa shape index (κ2) is 5.69. The van der Waals surface area contributed by atoms with Crippen molar-refractivity contribution in [2.45, 2.75) is 40.2 Å². The maximum atomic E-state index is 3.44. The Morgan fingerprint density at radius 3 is 2.62 bits per heavy atom. The molecule has 21 heavy (non-hydrogen) atoms. The number of likely N-dealkylation sites (tertiary alicyclic amines) is 1. The Balaban J connectivity index is 1.75. The smallest absolute Gasteiger partial charge is 0.0454 e. The molecule has 1 aliphatic heterocycles. The molecule has 112 valence electrons. The number of allylic oxidation sites excluding steroid dienone is 3. The lowest BCUT2D eigenvalue weighted by Gasteiger charge is -2.28. The lowest BCUT2D eigenvalue weighted by atomic mass is 9.93. The van der Waals surface area contributed by atoms with E-state index in [9.17, 15) is 0 Å². The minimum atomic E-state index is 0.142. The second-order valence-corrected chi connectivity index (χ2v) is 6.85. The molecule has 0 saturated carbocycles. The van der Waals surface area contributed by atoms with Crippen LogP contribution in [0.4, 0.5) is 0 Å². The van der Waals surface area contributed by atoms with Crippen LogP contribution in [0.15, 0.2) is 30.0 Å². The van der Waals surface area contributed by atoms with Crippen molar-refractivity contribution in [1.29, 1.82) is 0 Å². The van der Waals surface area contributed by atoms with Crippen LogP contribution in [0, 0.1) is 5.41 Å². The van der Waals surface area contributed by atoms with Crippen LogP contribution in [0.3, 0.4) is 0 Å². The predicted molar refractivity (Wildman–Crippen MR) is 90.9 cm³/mol. The third kappa shape index (κ3) is 3.21. The van der Waals surface area contributed by atoms with Gasteiger partial charge in [0.05, 0.1) is 0 Å². The van der Waals surface area contributed by atoms with E-state index in [4.69, 9.17) is 0 Å². The standard InChI is InChI=1S/C19H26N2/c1-4-15-7-11-21(12-8-15)14-16-13-20-18-6-10-19(2,3)9-5-17(16)18/h4-6,9-10,13,20H,7-8,11-12,14H2,1-3H3. The van der Waals surface area contributed by atoms with Gasteiger partial charge < -0.3 is 4.98 Å². The van der Waals surface area contributed by atoms with E-state index in [1.807, 2.05) is 0 Å². The highest BCUT2D eigenvalue weighted by Gasteiger charge is 2.18. The van der Waals surface area contributed by atoms with Gasteiger partial charge in [0.15, 0.2) is 0 Å². The summed E-state index contributed by atoms with van der Waals surface area (Å²) < 4.78 is 0. The first kappa shape index (κ1) is 14.4. The Labute approximate surface area is 128 Å². The van der Waals surface area contributed by atoms with E-state index in [-0.39, 0.29) is 5.41 Å². The number of hydrogen-bond acceptors (Lipinski definition) is 1. The van der Waals surface area contributed by atoms with Crippen LogP contribution in [0.1, 0.15) is 50.4 Å². The van der Waals surface area contributed by atoms with Gasteiger partial charge in [-0.2, -0.15) is 0 Å². The third-order valence-electron chi connectivity index (χ3n) is 4.70. The Hall–Kier alpha value is -1.54. The largest absolute Gasteiger partial charge is 0.361 e. The van der Waals surface area contributed by atoms with Crippen LogP contribution < -0.4 is 0 Å². The number of rotatable bonds is 2. The number of aromatic amines is 1. The summed E-state index contributed by atoms with van der Waals surface area (Å²) in [6.45, 7) is 10.1. The van der Waals surface area contributed by atoms with Gasteiger partial charge in [-0.15, -0.1) is 0 Å². The molecule has 3 rings (SSSR count). The summed E-state index contributed by atoms with van der Waals surface area (Å²) in [5.74, 6) is 0. The SMILES string of the molecule is CC=C1CCN(Cc2c[nH]c3c2C=CC(C)(C)C=C3)CC1. The Morgan fingerprint density at radius 1 is 1.19 bits per heavy atom. The number of H-pyrrole nitrogens is 1. The van der Waals surface area contributed by atoms with E-state index in [0.29, 0.717) is 0 Å². The fourth-order valence-electron chi connectivity index (χ4n) is 3.14. The van der Waals surface area contributed by atoms with Crippen LogP contribution in [0.5, 0.6) is 0 Å². The highest BCUT2D eigenvalue weighted by atomic mass is 15.1. The first-order chi connectivity index (χ1) is 10.1. The van der Waals surface area contributed by atoms with E-state index in [1.54, 1.807) is 5.57 Å². The van der Waals surface area contributed by atoms with Crippen LogP contribution >= 0.6 is 0 Å². The first-order valence-electron chi connectivity index (χ1n) is 8.02. The zero-order chi connectivity index (χ0) is 14.9. The number of aromatic nitrogens is 1. The van der Waals surface area contributed by atoms with Crippen molar-refractivity contribution in [2.24, 2.45) is 5.41 Å². The van der Waals surface area contributed by atoms with Gasteiger partial charge in [0.25, 0.3) is 0 Å². The van der Waals surface area contributed by atoms with Gasteiger partial charge in [-0.25, -0.2) is 0 Å². The molecule has 0 spiro atoms. The van der Waals surface area contributed by atoms with Crippen LogP contribution in [-0.2, 0) is 6.54 Å². The van der Waals surface area contributed by atoms with Crippen LogP contribution in [0.25, 0.3) is 12.2 Å². The molecule has 0 unspecified atom stereocenters. The molecule has 0 atom stereocenters. The Morgan fingerprint density at radius 2 is 1.90 bits per heavy atom. The zero-order valence-corrected chi connectivity index (χ0v) is 13.4. The maximum absolute atomic E-state index is 3.44. The number of fused-ring (bicyclic) bond motifs is 1. The van der Waals surface area contributed by atoms with E-state index >= 15 is 0 Å². The van der Waals surface area contributed by atoms with Crippen LogP contribution in [-0.4, -0.2) is 23.0 Å². The predicted octanol–water partition coefficient (Wildman–Crippen LogP) is 4.62. The molecule has 1 fully saturated rings. The lowest BCUT2D eigenvalue weighted by molar-refractivity contribution is 0.248. The van der Waals surface area contributed by atoms with Crippen molar-refractivity contribution < 1.29 is 0 Å². The molecular weight excluding hydrogens is 256 g/mol. The molecule has 2 nitrogen and oxygen atoms in total. The molecule has 2 aliphatic rings. The molecule has 2 heteroatoms. The molecule has 1 aromatic rings. The number of hydrogen-bond donors (Lipinski definition) is 1. The van der Waals surface area contributed by atoms with Gasteiger partial charge in [-0.05, 0) is 31.4 Å². The van der Waals surface area contributed by atoms with Gasteiger partial charge in [0.1, 0.15) is 0 Å². The minimum Gasteiger partial charge on any atom is -0.361 e. The number of nitrogens with one attached hydrogen (secondary N) is 1. The van der Waals surface area contributed by atoms with Gasteiger partial charge in [0.2, 0.25) is 0 Å². The average molecular weight is 282 g/mol. The molecule has 0 radical (unpaired) electrons. The number of nitrogens with zero attached hydrogens (tertiary/aromatic N) is 1. The fourth-order valence-corrected chi connectivity index (χ4v) is 3.14. The summed E-state index contributed by atoms with van der Waals surface area (Å²) in [6.07, 6.45) is 16.0. The Bertz CT molecular complexity index is 589. The van der Waals surface area contributed by atoms with Crippen molar-refractivity contribution in [1.82, 2.24) is 9.88 Å². The zero-order valence-electron chi connectivity index (χ0n) is 13.4. The highest BCUT2D eigenvalue weighted by Crippen LogP contribution is 2.30. The molecular formula is C19H26N2. The van der Waals surface area contributed by atoms with Gasteiger partial charge in [-0.3, -0.25) is 4.90 Å². The molecule has 1 N–H and O–H groups in total. The summed E-state index contributed by atoms with van der Waals surface area (Å²) in [6, 6.07) is 0. The molecule has 1 saturated heterocycles. The summed E-state index contributed by atoms with van der Waals surface area (Å²) in [5, 5.41) is 0. The normalized spacial score (nSPS) is 21.2. The highest BCUT2D eigenvalue weighted by molar-refractivity contribution is 5.69.